The van der Waals surface area contributed by atoms with Crippen LogP contribution in [0.5, 0.6) is 0 Å². The van der Waals surface area contributed by atoms with Crippen LogP contribution < -0.4 is 15.6 Å². The van der Waals surface area contributed by atoms with Crippen LogP contribution in [0, 0.1) is 17.6 Å². The minimum atomic E-state index is -4.51. The minimum absolute atomic E-state index is 0.0101. The first kappa shape index (κ1) is 22.8. The van der Waals surface area contributed by atoms with Gasteiger partial charge in [-0.3, -0.25) is 9.36 Å². The average molecular weight is 464 g/mol. The SMILES string of the molecule is CC1C=C(c2cn(-c3ccc(F)cc3F)c3nc(N(C)C)ccc3c2=O)NC(C(F)(F)F)C1. The summed E-state index contributed by atoms with van der Waals surface area (Å²) in [6.45, 7) is 1.63. The number of benzene rings is 1. The summed E-state index contributed by atoms with van der Waals surface area (Å²) in [4.78, 5) is 19.4. The quantitative estimate of drug-likeness (QED) is 0.575. The Morgan fingerprint density at radius 2 is 1.88 bits per heavy atom. The highest BCUT2D eigenvalue weighted by atomic mass is 19.4. The summed E-state index contributed by atoms with van der Waals surface area (Å²) in [5, 5.41) is 2.51. The Kier molecular flexibility index (Phi) is 5.63. The maximum atomic E-state index is 14.7. The normalized spacial score (nSPS) is 18.7. The van der Waals surface area contributed by atoms with Crippen LogP contribution in [0.25, 0.3) is 22.4 Å². The van der Waals surface area contributed by atoms with Crippen molar-refractivity contribution in [3.8, 4) is 5.69 Å². The maximum absolute atomic E-state index is 14.7. The second-order valence-corrected chi connectivity index (χ2v) is 8.30. The van der Waals surface area contributed by atoms with Crippen LogP contribution in [0.1, 0.15) is 18.9 Å². The number of hydrogen-bond acceptors (Lipinski definition) is 4. The number of hydrogen-bond donors (Lipinski definition) is 1. The number of pyridine rings is 2. The van der Waals surface area contributed by atoms with E-state index in [1.807, 2.05) is 0 Å². The first-order valence-corrected chi connectivity index (χ1v) is 10.2. The van der Waals surface area contributed by atoms with Gasteiger partial charge in [-0.15, -0.1) is 0 Å². The van der Waals surface area contributed by atoms with Crippen molar-refractivity contribution in [2.24, 2.45) is 5.92 Å². The van der Waals surface area contributed by atoms with Gasteiger partial charge in [0.15, 0.2) is 11.1 Å². The van der Waals surface area contributed by atoms with Crippen molar-refractivity contribution in [3.05, 3.63) is 70.0 Å². The zero-order chi connectivity index (χ0) is 24.1. The van der Waals surface area contributed by atoms with Crippen LogP contribution in [-0.2, 0) is 0 Å². The van der Waals surface area contributed by atoms with Gasteiger partial charge in [-0.2, -0.15) is 13.2 Å². The molecule has 33 heavy (non-hydrogen) atoms. The number of allylic oxidation sites excluding steroid dienone is 1. The second-order valence-electron chi connectivity index (χ2n) is 8.30. The summed E-state index contributed by atoms with van der Waals surface area (Å²) >= 11 is 0. The van der Waals surface area contributed by atoms with Gasteiger partial charge >= 0.3 is 6.18 Å². The lowest BCUT2D eigenvalue weighted by Crippen LogP contribution is -2.45. The molecule has 0 amide bonds. The van der Waals surface area contributed by atoms with E-state index in [1.54, 1.807) is 38.1 Å². The molecule has 0 spiro atoms. The van der Waals surface area contributed by atoms with Crippen molar-refractivity contribution in [1.29, 1.82) is 0 Å². The fraction of sp³-hybridized carbons (Fsp3) is 0.304. The van der Waals surface area contributed by atoms with Crippen LogP contribution >= 0.6 is 0 Å². The second kappa shape index (κ2) is 8.17. The van der Waals surface area contributed by atoms with Crippen LogP contribution in [0.4, 0.5) is 27.8 Å². The molecule has 2 unspecified atom stereocenters. The zero-order valence-electron chi connectivity index (χ0n) is 18.0. The summed E-state index contributed by atoms with van der Waals surface area (Å²) in [6, 6.07) is 4.18. The Balaban J connectivity index is 2.00. The van der Waals surface area contributed by atoms with Gasteiger partial charge in [0.25, 0.3) is 0 Å². The third kappa shape index (κ3) is 4.29. The molecule has 1 aliphatic rings. The van der Waals surface area contributed by atoms with Crippen molar-refractivity contribution in [1.82, 2.24) is 14.9 Å². The van der Waals surface area contributed by atoms with Crippen molar-refractivity contribution >= 4 is 22.5 Å². The van der Waals surface area contributed by atoms with E-state index in [0.717, 1.165) is 6.07 Å². The summed E-state index contributed by atoms with van der Waals surface area (Å²) in [6.07, 6.45) is -1.88. The highest BCUT2D eigenvalue weighted by Gasteiger charge is 2.42. The van der Waals surface area contributed by atoms with Crippen molar-refractivity contribution in [3.63, 3.8) is 0 Å². The molecule has 0 saturated heterocycles. The van der Waals surface area contributed by atoms with Gasteiger partial charge in [0.1, 0.15) is 23.5 Å². The number of anilines is 1. The Bertz CT molecular complexity index is 1310. The van der Waals surface area contributed by atoms with Gasteiger partial charge in [-0.1, -0.05) is 13.0 Å². The molecule has 174 valence electrons. The number of nitrogens with one attached hydrogen (secondary N) is 1. The van der Waals surface area contributed by atoms with E-state index in [2.05, 4.69) is 10.3 Å². The molecule has 2 atom stereocenters. The fourth-order valence-corrected chi connectivity index (χ4v) is 3.90. The summed E-state index contributed by atoms with van der Waals surface area (Å²) in [5.74, 6) is -1.67. The van der Waals surface area contributed by atoms with E-state index in [1.165, 1.54) is 22.9 Å². The smallest absolute Gasteiger partial charge is 0.374 e. The molecule has 3 aromatic rings. The van der Waals surface area contributed by atoms with Crippen LogP contribution in [0.3, 0.4) is 0 Å². The minimum Gasteiger partial charge on any atom is -0.374 e. The number of nitrogens with zero attached hydrogens (tertiary/aromatic N) is 3. The number of aromatic nitrogens is 2. The third-order valence-corrected chi connectivity index (χ3v) is 5.54. The lowest BCUT2D eigenvalue weighted by atomic mass is 9.93. The van der Waals surface area contributed by atoms with E-state index >= 15 is 0 Å². The molecule has 0 bridgehead atoms. The Hall–Kier alpha value is -3.43. The van der Waals surface area contributed by atoms with Gasteiger partial charge in [0, 0.05) is 32.1 Å². The predicted octanol–water partition coefficient (Wildman–Crippen LogP) is 4.63. The summed E-state index contributed by atoms with van der Waals surface area (Å²) in [7, 11) is 3.47. The molecular formula is C23H21F5N4O. The standard InChI is InChI=1S/C23H21F5N4O/c1-12-8-17(29-19(9-12)23(26,27)28)15-11-32(18-6-4-13(24)10-16(18)25)22-14(21(15)33)5-7-20(30-22)31(2)3/h4-8,10-12,19,29H,9H2,1-3H3. The topological polar surface area (TPSA) is 50.2 Å². The first-order valence-electron chi connectivity index (χ1n) is 10.2. The number of halogens is 5. The maximum Gasteiger partial charge on any atom is 0.408 e. The van der Waals surface area contributed by atoms with Gasteiger partial charge in [0.2, 0.25) is 0 Å². The highest BCUT2D eigenvalue weighted by Crippen LogP contribution is 2.32. The number of alkyl halides is 3. The van der Waals surface area contributed by atoms with Crippen molar-refractivity contribution < 1.29 is 22.0 Å². The van der Waals surface area contributed by atoms with Crippen LogP contribution in [-0.4, -0.2) is 35.9 Å². The zero-order valence-corrected chi connectivity index (χ0v) is 18.0. The Labute approximate surface area is 186 Å². The van der Waals surface area contributed by atoms with E-state index < -0.39 is 35.2 Å². The first-order chi connectivity index (χ1) is 15.5. The Morgan fingerprint density at radius 1 is 1.15 bits per heavy atom. The molecule has 1 aliphatic heterocycles. The summed E-state index contributed by atoms with van der Waals surface area (Å²) < 4.78 is 69.8. The summed E-state index contributed by atoms with van der Waals surface area (Å²) in [5.41, 5.74) is -0.599. The lowest BCUT2D eigenvalue weighted by molar-refractivity contribution is -0.156. The lowest BCUT2D eigenvalue weighted by Gasteiger charge is -2.30. The average Bonchev–Trinajstić information content (AvgIpc) is 2.73. The third-order valence-electron chi connectivity index (χ3n) is 5.54. The van der Waals surface area contributed by atoms with E-state index in [-0.39, 0.29) is 34.4 Å². The fourth-order valence-electron chi connectivity index (χ4n) is 3.90. The van der Waals surface area contributed by atoms with Gasteiger partial charge in [-0.25, -0.2) is 13.8 Å². The molecule has 0 fully saturated rings. The van der Waals surface area contributed by atoms with Gasteiger partial charge in [0.05, 0.1) is 16.6 Å². The van der Waals surface area contributed by atoms with Gasteiger partial charge in [-0.05, 0) is 36.6 Å². The largest absolute Gasteiger partial charge is 0.408 e. The van der Waals surface area contributed by atoms with E-state index in [0.29, 0.717) is 11.9 Å². The van der Waals surface area contributed by atoms with Crippen molar-refractivity contribution in [2.45, 2.75) is 25.6 Å². The molecule has 0 saturated carbocycles. The molecule has 5 nitrogen and oxygen atoms in total. The van der Waals surface area contributed by atoms with E-state index in [9.17, 15) is 26.7 Å². The molecular weight excluding hydrogens is 443 g/mol. The molecule has 10 heteroatoms. The number of fused-ring (bicyclic) bond motifs is 1. The highest BCUT2D eigenvalue weighted by molar-refractivity contribution is 5.83. The van der Waals surface area contributed by atoms with Crippen molar-refractivity contribution in [2.75, 3.05) is 19.0 Å². The number of rotatable bonds is 3. The molecule has 2 aromatic heterocycles. The molecule has 1 N–H and O–H groups in total. The molecule has 0 aliphatic carbocycles. The molecule has 1 aromatic carbocycles. The van der Waals surface area contributed by atoms with Crippen LogP contribution in [0.15, 0.2) is 47.4 Å². The molecule has 4 rings (SSSR count). The molecule has 0 radical (unpaired) electrons. The predicted molar refractivity (Wildman–Crippen MR) is 116 cm³/mol. The van der Waals surface area contributed by atoms with Gasteiger partial charge < -0.3 is 10.2 Å². The monoisotopic (exact) mass is 464 g/mol. The molecule has 3 heterocycles. The van der Waals surface area contributed by atoms with E-state index in [4.69, 9.17) is 0 Å². The van der Waals surface area contributed by atoms with Crippen LogP contribution in [0.2, 0.25) is 0 Å². The Morgan fingerprint density at radius 3 is 2.52 bits per heavy atom.